The lowest BCUT2D eigenvalue weighted by Gasteiger charge is -2.40. The maximum absolute atomic E-state index is 10.1. The Morgan fingerprint density at radius 3 is 2.47 bits per heavy atom. The second-order valence-corrected chi connectivity index (χ2v) is 5.60. The monoisotopic (exact) mass is 263 g/mol. The highest BCUT2D eigenvalue weighted by Gasteiger charge is 2.26. The van der Waals surface area contributed by atoms with Gasteiger partial charge in [0.1, 0.15) is 18.5 Å². The Hall–Kier alpha value is -1.06. The smallest absolute Gasteiger partial charge is 0.119 e. The molecule has 0 amide bonds. The molecule has 0 spiro atoms. The van der Waals surface area contributed by atoms with E-state index in [0.717, 1.165) is 5.75 Å². The van der Waals surface area contributed by atoms with Gasteiger partial charge in [0.15, 0.2) is 0 Å². The lowest BCUT2D eigenvalue weighted by molar-refractivity contribution is 0.0209. The van der Waals surface area contributed by atoms with Crippen molar-refractivity contribution in [3.63, 3.8) is 0 Å². The van der Waals surface area contributed by atoms with Crippen molar-refractivity contribution in [2.24, 2.45) is 0 Å². The van der Waals surface area contributed by atoms with E-state index in [4.69, 9.17) is 4.74 Å². The molecule has 0 unspecified atom stereocenters. The molecular weight excluding hydrogens is 238 g/mol. The van der Waals surface area contributed by atoms with E-state index in [1.807, 2.05) is 30.3 Å². The maximum atomic E-state index is 10.1. The van der Waals surface area contributed by atoms with Crippen LogP contribution in [0.15, 0.2) is 30.3 Å². The zero-order valence-corrected chi connectivity index (χ0v) is 12.0. The number of benzene rings is 1. The summed E-state index contributed by atoms with van der Waals surface area (Å²) < 4.78 is 5.60. The summed E-state index contributed by atoms with van der Waals surface area (Å²) >= 11 is 0. The van der Waals surface area contributed by atoms with Crippen LogP contribution in [0.3, 0.4) is 0 Å². The minimum atomic E-state index is -0.428. The van der Waals surface area contributed by atoms with Crippen molar-refractivity contribution in [1.29, 1.82) is 0 Å². The first kappa shape index (κ1) is 14.4. The van der Waals surface area contributed by atoms with E-state index in [0.29, 0.717) is 25.2 Å². The molecule has 0 aromatic heterocycles. The molecule has 2 rings (SSSR count). The molecule has 1 aliphatic heterocycles. The Morgan fingerprint density at radius 2 is 1.84 bits per heavy atom. The second kappa shape index (κ2) is 6.92. The molecule has 0 bridgehead atoms. The van der Waals surface area contributed by atoms with Crippen molar-refractivity contribution in [3.05, 3.63) is 30.3 Å². The van der Waals surface area contributed by atoms with Crippen LogP contribution in [0.5, 0.6) is 5.75 Å². The van der Waals surface area contributed by atoms with Crippen molar-refractivity contribution in [2.75, 3.05) is 13.2 Å². The number of aliphatic hydroxyl groups is 1. The van der Waals surface area contributed by atoms with Crippen LogP contribution in [0.1, 0.15) is 33.1 Å². The SMILES string of the molecule is C[C@@H]1CCC[C@@H](C)N1C[C@H](O)COc1ccccc1. The van der Waals surface area contributed by atoms with Crippen LogP contribution < -0.4 is 4.74 Å². The fraction of sp³-hybridized carbons (Fsp3) is 0.625. The predicted octanol–water partition coefficient (Wildman–Crippen LogP) is 2.69. The largest absolute Gasteiger partial charge is 0.491 e. The zero-order valence-electron chi connectivity index (χ0n) is 12.0. The molecule has 0 aliphatic carbocycles. The molecule has 3 nitrogen and oxygen atoms in total. The number of rotatable bonds is 5. The van der Waals surface area contributed by atoms with E-state index in [-0.39, 0.29) is 0 Å². The number of piperidine rings is 1. The predicted molar refractivity (Wildman–Crippen MR) is 77.4 cm³/mol. The van der Waals surface area contributed by atoms with Gasteiger partial charge in [-0.2, -0.15) is 0 Å². The standard InChI is InChI=1S/C16H25NO2/c1-13-7-6-8-14(2)17(13)11-15(18)12-19-16-9-4-3-5-10-16/h3-5,9-10,13-15,18H,6-8,11-12H2,1-2H3/t13-,14-,15+/m1/s1. The van der Waals surface area contributed by atoms with E-state index < -0.39 is 6.10 Å². The topological polar surface area (TPSA) is 32.7 Å². The molecule has 0 saturated carbocycles. The highest BCUT2D eigenvalue weighted by molar-refractivity contribution is 5.20. The van der Waals surface area contributed by atoms with Gasteiger partial charge >= 0.3 is 0 Å². The van der Waals surface area contributed by atoms with E-state index in [2.05, 4.69) is 18.7 Å². The van der Waals surface area contributed by atoms with Gasteiger partial charge in [0.2, 0.25) is 0 Å². The van der Waals surface area contributed by atoms with Gasteiger partial charge in [-0.25, -0.2) is 0 Å². The number of likely N-dealkylation sites (tertiary alicyclic amines) is 1. The number of nitrogens with zero attached hydrogens (tertiary/aromatic N) is 1. The number of para-hydroxylation sites is 1. The number of hydrogen-bond acceptors (Lipinski definition) is 3. The van der Waals surface area contributed by atoms with Crippen molar-refractivity contribution < 1.29 is 9.84 Å². The van der Waals surface area contributed by atoms with E-state index in [9.17, 15) is 5.11 Å². The Bertz CT molecular complexity index is 358. The van der Waals surface area contributed by atoms with Crippen molar-refractivity contribution in [2.45, 2.75) is 51.3 Å². The third-order valence-electron chi connectivity index (χ3n) is 3.98. The third kappa shape index (κ3) is 4.22. The molecule has 1 fully saturated rings. The Kier molecular flexibility index (Phi) is 5.23. The molecular formula is C16H25NO2. The summed E-state index contributed by atoms with van der Waals surface area (Å²) in [4.78, 5) is 2.41. The molecule has 1 aromatic rings. The molecule has 3 atom stereocenters. The van der Waals surface area contributed by atoms with Crippen LogP contribution in [0.25, 0.3) is 0 Å². The number of β-amino-alcohol motifs (C(OH)–C–C–N with tert-alkyl or cyclic N) is 1. The molecule has 1 saturated heterocycles. The summed E-state index contributed by atoms with van der Waals surface area (Å²) in [6, 6.07) is 10.8. The van der Waals surface area contributed by atoms with Crippen LogP contribution in [0.2, 0.25) is 0 Å². The number of hydrogen-bond donors (Lipinski definition) is 1. The van der Waals surface area contributed by atoms with Crippen LogP contribution >= 0.6 is 0 Å². The summed E-state index contributed by atoms with van der Waals surface area (Å²) in [5.41, 5.74) is 0. The summed E-state index contributed by atoms with van der Waals surface area (Å²) in [5.74, 6) is 0.821. The van der Waals surface area contributed by atoms with E-state index >= 15 is 0 Å². The molecule has 1 heterocycles. The fourth-order valence-corrected chi connectivity index (χ4v) is 2.84. The molecule has 19 heavy (non-hydrogen) atoms. The zero-order chi connectivity index (χ0) is 13.7. The molecule has 3 heteroatoms. The molecule has 1 aromatic carbocycles. The minimum Gasteiger partial charge on any atom is -0.491 e. The van der Waals surface area contributed by atoms with Crippen molar-refractivity contribution in [1.82, 2.24) is 4.90 Å². The normalized spacial score (nSPS) is 26.1. The summed E-state index contributed by atoms with van der Waals surface area (Å²) in [7, 11) is 0. The summed E-state index contributed by atoms with van der Waals surface area (Å²) in [6.07, 6.45) is 3.34. The van der Waals surface area contributed by atoms with Gasteiger partial charge in [-0.1, -0.05) is 24.6 Å². The lowest BCUT2D eigenvalue weighted by Crippen LogP contribution is -2.48. The quantitative estimate of drug-likeness (QED) is 0.886. The van der Waals surface area contributed by atoms with Crippen LogP contribution in [0, 0.1) is 0 Å². The summed E-state index contributed by atoms with van der Waals surface area (Å²) in [5, 5.41) is 10.1. The molecule has 1 aliphatic rings. The highest BCUT2D eigenvalue weighted by Crippen LogP contribution is 2.22. The first-order chi connectivity index (χ1) is 9.16. The van der Waals surface area contributed by atoms with Gasteiger partial charge < -0.3 is 9.84 Å². The lowest BCUT2D eigenvalue weighted by atomic mass is 9.97. The second-order valence-electron chi connectivity index (χ2n) is 5.60. The number of ether oxygens (including phenoxy) is 1. The average molecular weight is 263 g/mol. The van der Waals surface area contributed by atoms with Gasteiger partial charge in [-0.15, -0.1) is 0 Å². The van der Waals surface area contributed by atoms with E-state index in [1.54, 1.807) is 0 Å². The van der Waals surface area contributed by atoms with Gasteiger partial charge in [0.05, 0.1) is 0 Å². The fourth-order valence-electron chi connectivity index (χ4n) is 2.84. The Labute approximate surface area is 116 Å². The van der Waals surface area contributed by atoms with Crippen LogP contribution in [0.4, 0.5) is 0 Å². The van der Waals surface area contributed by atoms with Gasteiger partial charge in [0.25, 0.3) is 0 Å². The third-order valence-corrected chi connectivity index (χ3v) is 3.98. The average Bonchev–Trinajstić information content (AvgIpc) is 2.42. The molecule has 1 N–H and O–H groups in total. The van der Waals surface area contributed by atoms with Gasteiger partial charge in [-0.3, -0.25) is 4.90 Å². The first-order valence-corrected chi connectivity index (χ1v) is 7.28. The van der Waals surface area contributed by atoms with Gasteiger partial charge in [0, 0.05) is 18.6 Å². The molecule has 0 radical (unpaired) electrons. The van der Waals surface area contributed by atoms with Crippen LogP contribution in [-0.2, 0) is 0 Å². The Morgan fingerprint density at radius 1 is 1.21 bits per heavy atom. The van der Waals surface area contributed by atoms with Gasteiger partial charge in [-0.05, 0) is 38.8 Å². The van der Waals surface area contributed by atoms with Crippen molar-refractivity contribution in [3.8, 4) is 5.75 Å². The first-order valence-electron chi connectivity index (χ1n) is 7.28. The van der Waals surface area contributed by atoms with Crippen molar-refractivity contribution >= 4 is 0 Å². The van der Waals surface area contributed by atoms with E-state index in [1.165, 1.54) is 19.3 Å². The highest BCUT2D eigenvalue weighted by atomic mass is 16.5. The Balaban J connectivity index is 1.78. The summed E-state index contributed by atoms with van der Waals surface area (Å²) in [6.45, 7) is 5.57. The molecule has 106 valence electrons. The number of aliphatic hydroxyl groups excluding tert-OH is 1. The minimum absolute atomic E-state index is 0.361. The maximum Gasteiger partial charge on any atom is 0.119 e. The van der Waals surface area contributed by atoms with Crippen LogP contribution in [-0.4, -0.2) is 41.3 Å².